The highest BCUT2D eigenvalue weighted by molar-refractivity contribution is 7.09. The van der Waals surface area contributed by atoms with Crippen LogP contribution in [0.15, 0.2) is 34.6 Å². The van der Waals surface area contributed by atoms with Gasteiger partial charge in [-0.3, -0.25) is 9.79 Å². The second kappa shape index (κ2) is 11.7. The number of benzene rings is 1. The Morgan fingerprint density at radius 3 is 2.60 bits per heavy atom. The van der Waals surface area contributed by atoms with Crippen molar-refractivity contribution in [2.45, 2.75) is 52.4 Å². The van der Waals surface area contributed by atoms with Crippen LogP contribution >= 0.6 is 11.3 Å². The normalized spacial score (nSPS) is 13.6. The van der Waals surface area contributed by atoms with Gasteiger partial charge in [0.05, 0.1) is 12.2 Å². The van der Waals surface area contributed by atoms with Crippen LogP contribution in [-0.2, 0) is 17.8 Å². The molecule has 30 heavy (non-hydrogen) atoms. The summed E-state index contributed by atoms with van der Waals surface area (Å²) in [6.07, 6.45) is 0.912. The average molecular weight is 432 g/mol. The lowest BCUT2D eigenvalue weighted by atomic mass is 10.1. The lowest BCUT2D eigenvalue weighted by molar-refractivity contribution is 0.0939. The molecule has 0 saturated carbocycles. The maximum absolute atomic E-state index is 12.2. The summed E-state index contributed by atoms with van der Waals surface area (Å²) in [5.74, 6) is 0.743. The SMILES string of the molecule is CCC(C)NC(=O)c1ccc(CNC(=NC)N(C)Cc2csc(C(C)OC)n2)cc1. The van der Waals surface area contributed by atoms with Gasteiger partial charge in [0.25, 0.3) is 5.91 Å². The number of hydrogen-bond donors (Lipinski definition) is 2. The van der Waals surface area contributed by atoms with Crippen LogP contribution in [0.5, 0.6) is 0 Å². The third-order valence-electron chi connectivity index (χ3n) is 4.90. The van der Waals surface area contributed by atoms with E-state index >= 15 is 0 Å². The number of carbonyl (C=O) groups is 1. The number of guanidine groups is 1. The van der Waals surface area contributed by atoms with Gasteiger partial charge in [-0.25, -0.2) is 4.98 Å². The van der Waals surface area contributed by atoms with Crippen molar-refractivity contribution in [3.8, 4) is 0 Å². The summed E-state index contributed by atoms with van der Waals surface area (Å²) in [6.45, 7) is 7.32. The lowest BCUT2D eigenvalue weighted by Gasteiger charge is -2.21. The Kier molecular flexibility index (Phi) is 9.26. The lowest BCUT2D eigenvalue weighted by Crippen LogP contribution is -2.38. The standard InChI is InChI=1S/C22H33N5O2S/c1-7-15(2)25-20(28)18-10-8-17(9-11-18)12-24-22(23-4)27(5)13-19-14-30-21(26-19)16(3)29-6/h8-11,14-16H,7,12-13H2,1-6H3,(H,23,24)(H,25,28). The minimum Gasteiger partial charge on any atom is -0.375 e. The molecule has 1 amide bonds. The monoisotopic (exact) mass is 431 g/mol. The third-order valence-corrected chi connectivity index (χ3v) is 5.95. The maximum atomic E-state index is 12.2. The topological polar surface area (TPSA) is 78.9 Å². The van der Waals surface area contributed by atoms with E-state index < -0.39 is 0 Å². The number of aliphatic imine (C=N–C) groups is 1. The van der Waals surface area contributed by atoms with Gasteiger partial charge in [0.15, 0.2) is 5.96 Å². The summed E-state index contributed by atoms with van der Waals surface area (Å²) in [7, 11) is 5.44. The minimum absolute atomic E-state index is 0.00160. The summed E-state index contributed by atoms with van der Waals surface area (Å²) < 4.78 is 5.33. The van der Waals surface area contributed by atoms with Crippen molar-refractivity contribution in [3.05, 3.63) is 51.5 Å². The quantitative estimate of drug-likeness (QED) is 0.469. The molecule has 2 N–H and O–H groups in total. The molecule has 0 saturated heterocycles. The summed E-state index contributed by atoms with van der Waals surface area (Å²) in [6, 6.07) is 7.81. The highest BCUT2D eigenvalue weighted by Gasteiger charge is 2.13. The Hall–Kier alpha value is -2.45. The number of aromatic nitrogens is 1. The van der Waals surface area contributed by atoms with Gasteiger partial charge in [0, 0.05) is 44.7 Å². The molecule has 7 nitrogen and oxygen atoms in total. The Morgan fingerprint density at radius 1 is 1.30 bits per heavy atom. The van der Waals surface area contributed by atoms with Gasteiger partial charge < -0.3 is 20.3 Å². The van der Waals surface area contributed by atoms with Crippen LogP contribution in [0, 0.1) is 0 Å². The zero-order valence-corrected chi connectivity index (χ0v) is 19.5. The summed E-state index contributed by atoms with van der Waals surface area (Å²) in [5, 5.41) is 9.37. The fraction of sp³-hybridized carbons (Fsp3) is 0.500. The summed E-state index contributed by atoms with van der Waals surface area (Å²) >= 11 is 1.61. The van der Waals surface area contributed by atoms with Gasteiger partial charge >= 0.3 is 0 Å². The van der Waals surface area contributed by atoms with E-state index in [9.17, 15) is 4.79 Å². The smallest absolute Gasteiger partial charge is 0.251 e. The molecule has 1 heterocycles. The minimum atomic E-state index is -0.0372. The van der Waals surface area contributed by atoms with E-state index in [1.54, 1.807) is 25.5 Å². The van der Waals surface area contributed by atoms with Crippen molar-refractivity contribution in [2.24, 2.45) is 4.99 Å². The van der Waals surface area contributed by atoms with Gasteiger partial charge in [0.2, 0.25) is 0 Å². The number of carbonyl (C=O) groups excluding carboxylic acids is 1. The number of ether oxygens (including phenoxy) is 1. The number of rotatable bonds is 9. The van der Waals surface area contributed by atoms with E-state index in [-0.39, 0.29) is 18.1 Å². The summed E-state index contributed by atoms with van der Waals surface area (Å²) in [5.41, 5.74) is 2.74. The fourth-order valence-corrected chi connectivity index (χ4v) is 3.59. The van der Waals surface area contributed by atoms with Gasteiger partial charge in [-0.05, 0) is 38.0 Å². The molecule has 0 fully saturated rings. The first kappa shape index (κ1) is 23.8. The van der Waals surface area contributed by atoms with E-state index in [0.717, 1.165) is 28.6 Å². The molecule has 2 atom stereocenters. The molecule has 1 aromatic carbocycles. The Bertz CT molecular complexity index is 834. The largest absolute Gasteiger partial charge is 0.375 e. The van der Waals surface area contributed by atoms with E-state index in [1.165, 1.54) is 0 Å². The third kappa shape index (κ3) is 6.81. The highest BCUT2D eigenvalue weighted by Crippen LogP contribution is 2.20. The molecule has 2 aromatic rings. The Balaban J connectivity index is 1.90. The second-order valence-electron chi connectivity index (χ2n) is 7.29. The van der Waals surface area contributed by atoms with Crippen molar-refractivity contribution in [2.75, 3.05) is 21.2 Å². The molecule has 0 aliphatic heterocycles. The fourth-order valence-electron chi connectivity index (χ4n) is 2.75. The molecular formula is C22H33N5O2S. The van der Waals surface area contributed by atoms with Crippen LogP contribution in [0.2, 0.25) is 0 Å². The molecular weight excluding hydrogens is 398 g/mol. The van der Waals surface area contributed by atoms with E-state index in [4.69, 9.17) is 4.74 Å². The van der Waals surface area contributed by atoms with E-state index in [0.29, 0.717) is 18.7 Å². The molecule has 0 radical (unpaired) electrons. The maximum Gasteiger partial charge on any atom is 0.251 e. The van der Waals surface area contributed by atoms with Gasteiger partial charge in [-0.2, -0.15) is 0 Å². The van der Waals surface area contributed by atoms with Crippen LogP contribution < -0.4 is 10.6 Å². The molecule has 0 bridgehead atoms. The zero-order valence-electron chi connectivity index (χ0n) is 18.7. The van der Waals surface area contributed by atoms with Crippen molar-refractivity contribution in [1.29, 1.82) is 0 Å². The highest BCUT2D eigenvalue weighted by atomic mass is 32.1. The first-order valence-corrected chi connectivity index (χ1v) is 11.0. The van der Waals surface area contributed by atoms with Crippen LogP contribution in [0.4, 0.5) is 0 Å². The average Bonchev–Trinajstić information content (AvgIpc) is 3.22. The first-order chi connectivity index (χ1) is 14.4. The molecule has 8 heteroatoms. The van der Waals surface area contributed by atoms with Crippen LogP contribution in [-0.4, -0.2) is 49.0 Å². The predicted molar refractivity (Wildman–Crippen MR) is 123 cm³/mol. The number of thiazole rings is 1. The van der Waals surface area contributed by atoms with Gasteiger partial charge in [-0.1, -0.05) is 19.1 Å². The number of nitrogens with one attached hydrogen (secondary N) is 2. The number of methoxy groups -OCH3 is 1. The van der Waals surface area contributed by atoms with E-state index in [1.807, 2.05) is 50.1 Å². The van der Waals surface area contributed by atoms with Crippen molar-refractivity contribution < 1.29 is 9.53 Å². The van der Waals surface area contributed by atoms with Crippen molar-refractivity contribution in [1.82, 2.24) is 20.5 Å². The number of amides is 1. The number of hydrogen-bond acceptors (Lipinski definition) is 5. The first-order valence-electron chi connectivity index (χ1n) is 10.2. The van der Waals surface area contributed by atoms with Crippen LogP contribution in [0.1, 0.15) is 59.9 Å². The molecule has 2 unspecified atom stereocenters. The Labute approximate surface area is 183 Å². The zero-order chi connectivity index (χ0) is 22.1. The molecule has 2 rings (SSSR count). The van der Waals surface area contributed by atoms with Crippen LogP contribution in [0.25, 0.3) is 0 Å². The second-order valence-corrected chi connectivity index (χ2v) is 8.18. The van der Waals surface area contributed by atoms with Crippen molar-refractivity contribution in [3.63, 3.8) is 0 Å². The van der Waals surface area contributed by atoms with Crippen molar-refractivity contribution >= 4 is 23.2 Å². The summed E-state index contributed by atoms with van der Waals surface area (Å²) in [4.78, 5) is 23.2. The van der Waals surface area contributed by atoms with Gasteiger partial charge in [-0.15, -0.1) is 11.3 Å². The molecule has 0 aliphatic rings. The number of nitrogens with zero attached hydrogens (tertiary/aromatic N) is 3. The van der Waals surface area contributed by atoms with Gasteiger partial charge in [0.1, 0.15) is 11.1 Å². The van der Waals surface area contributed by atoms with E-state index in [2.05, 4.69) is 32.9 Å². The predicted octanol–water partition coefficient (Wildman–Crippen LogP) is 3.59. The molecule has 1 aromatic heterocycles. The van der Waals surface area contributed by atoms with Crippen LogP contribution in [0.3, 0.4) is 0 Å². The molecule has 0 aliphatic carbocycles. The molecule has 0 spiro atoms. The molecule has 164 valence electrons. The Morgan fingerprint density at radius 2 is 2.00 bits per heavy atom.